The zero-order valence-corrected chi connectivity index (χ0v) is 4.92. The first-order valence-electron chi connectivity index (χ1n) is 3.00. The lowest BCUT2D eigenvalue weighted by Crippen LogP contribution is -2.23. The normalized spacial score (nSPS) is 15.6. The van der Waals surface area contributed by atoms with Crippen LogP contribution in [0.4, 0.5) is 0 Å². The van der Waals surface area contributed by atoms with Gasteiger partial charge in [0.1, 0.15) is 5.35 Å². The largest absolute Gasteiger partial charge is 0.433 e. The van der Waals surface area contributed by atoms with Crippen LogP contribution in [0.25, 0.3) is 12.2 Å². The van der Waals surface area contributed by atoms with Crippen molar-refractivity contribution in [1.29, 1.82) is 0 Å². The quantitative estimate of drug-likeness (QED) is 0.475. The zero-order valence-electron chi connectivity index (χ0n) is 4.92. The maximum Gasteiger partial charge on any atom is 0.284 e. The Morgan fingerprint density at radius 3 is 3.22 bits per heavy atom. The number of oxazole rings is 1. The van der Waals surface area contributed by atoms with Gasteiger partial charge >= 0.3 is 0 Å². The van der Waals surface area contributed by atoms with Gasteiger partial charge in [0, 0.05) is 0 Å². The molecule has 1 aliphatic carbocycles. The molecule has 0 atom stereocenters. The molecule has 0 saturated carbocycles. The van der Waals surface area contributed by atoms with E-state index in [4.69, 9.17) is 4.42 Å². The predicted molar refractivity (Wildman–Crippen MR) is 32.8 cm³/mol. The maximum absolute atomic E-state index is 4.93. The van der Waals surface area contributed by atoms with Crippen LogP contribution in [0.1, 0.15) is 12.8 Å². The Hall–Kier alpha value is -1.05. The molecule has 0 aromatic carbocycles. The molecule has 0 N–H and O–H groups in total. The number of hydrogen-bond donors (Lipinski definition) is 0. The first-order chi connectivity index (χ1) is 4.47. The molecule has 45 valence electrons. The van der Waals surface area contributed by atoms with Crippen LogP contribution in [0.2, 0.25) is 0 Å². The van der Waals surface area contributed by atoms with Crippen LogP contribution in [0, 0.1) is 6.39 Å². The second-order valence-electron chi connectivity index (χ2n) is 2.04. The standard InChI is InChI=1S/C7H6NO/c1-2-4-7-6(3-1)8-5-9-7/h3-4H,1-2H2. The van der Waals surface area contributed by atoms with Gasteiger partial charge in [-0.1, -0.05) is 6.08 Å². The SMILES string of the molecule is [c]1nc2c(o1)=CCCC=2. The minimum Gasteiger partial charge on any atom is -0.433 e. The molecule has 1 aliphatic rings. The van der Waals surface area contributed by atoms with Crippen molar-refractivity contribution >= 4 is 12.2 Å². The Balaban J connectivity index is 2.89. The van der Waals surface area contributed by atoms with Crippen molar-refractivity contribution in [2.45, 2.75) is 12.8 Å². The third-order valence-electron chi connectivity index (χ3n) is 1.41. The molecule has 1 radical (unpaired) electrons. The van der Waals surface area contributed by atoms with Gasteiger partial charge in [-0.2, -0.15) is 0 Å². The lowest BCUT2D eigenvalue weighted by molar-refractivity contribution is 0.513. The average Bonchev–Trinajstić information content (AvgIpc) is 2.33. The minimum atomic E-state index is 0.876. The summed E-state index contributed by atoms with van der Waals surface area (Å²) in [6, 6.07) is 0. The van der Waals surface area contributed by atoms with Gasteiger partial charge in [0.15, 0.2) is 5.42 Å². The third kappa shape index (κ3) is 0.669. The Kier molecular flexibility index (Phi) is 0.918. The summed E-state index contributed by atoms with van der Waals surface area (Å²) in [6.45, 7) is 0. The van der Waals surface area contributed by atoms with Crippen LogP contribution in [0.15, 0.2) is 4.42 Å². The number of hydrogen-bond acceptors (Lipinski definition) is 2. The van der Waals surface area contributed by atoms with Crippen molar-refractivity contribution in [1.82, 2.24) is 4.98 Å². The lowest BCUT2D eigenvalue weighted by Gasteiger charge is -1.88. The summed E-state index contributed by atoms with van der Waals surface area (Å²) in [6.07, 6.45) is 8.70. The fourth-order valence-electron chi connectivity index (χ4n) is 0.956. The molecule has 0 fully saturated rings. The summed E-state index contributed by atoms with van der Waals surface area (Å²) in [5.74, 6) is 0. The molecular weight excluding hydrogens is 114 g/mol. The molecule has 2 heteroatoms. The summed E-state index contributed by atoms with van der Waals surface area (Å²) in [7, 11) is 0. The summed E-state index contributed by atoms with van der Waals surface area (Å²) in [4.78, 5) is 3.88. The number of nitrogens with zero attached hydrogens (tertiary/aromatic N) is 1. The molecule has 2 rings (SSSR count). The van der Waals surface area contributed by atoms with Gasteiger partial charge in [-0.15, -0.1) is 0 Å². The summed E-state index contributed by atoms with van der Waals surface area (Å²) >= 11 is 0. The lowest BCUT2D eigenvalue weighted by atomic mass is 10.2. The van der Waals surface area contributed by atoms with Crippen molar-refractivity contribution < 1.29 is 4.42 Å². The molecule has 2 nitrogen and oxygen atoms in total. The minimum absolute atomic E-state index is 0.876. The van der Waals surface area contributed by atoms with Crippen LogP contribution < -0.4 is 10.8 Å². The van der Waals surface area contributed by atoms with Crippen molar-refractivity contribution in [2.24, 2.45) is 0 Å². The molecule has 1 heterocycles. The number of fused-ring (bicyclic) bond motifs is 1. The number of aromatic nitrogens is 1. The molecule has 9 heavy (non-hydrogen) atoms. The highest BCUT2D eigenvalue weighted by Crippen LogP contribution is 1.92. The van der Waals surface area contributed by atoms with Crippen LogP contribution in [-0.2, 0) is 0 Å². The maximum atomic E-state index is 4.93. The van der Waals surface area contributed by atoms with E-state index in [2.05, 4.69) is 17.5 Å². The van der Waals surface area contributed by atoms with E-state index in [1.54, 1.807) is 0 Å². The molecule has 0 unspecified atom stereocenters. The zero-order chi connectivity index (χ0) is 6.10. The first kappa shape index (κ1) is 4.79. The van der Waals surface area contributed by atoms with Gasteiger partial charge in [0.2, 0.25) is 0 Å². The molecule has 0 spiro atoms. The molecule has 0 amide bonds. The fourth-order valence-corrected chi connectivity index (χ4v) is 0.956. The second kappa shape index (κ2) is 1.72. The van der Waals surface area contributed by atoms with E-state index in [0.717, 1.165) is 23.6 Å². The van der Waals surface area contributed by atoms with E-state index < -0.39 is 0 Å². The Bertz CT molecular complexity index is 279. The monoisotopic (exact) mass is 120 g/mol. The first-order valence-corrected chi connectivity index (χ1v) is 3.00. The van der Waals surface area contributed by atoms with Crippen LogP contribution in [-0.4, -0.2) is 4.98 Å². The smallest absolute Gasteiger partial charge is 0.284 e. The van der Waals surface area contributed by atoms with Crippen molar-refractivity contribution in [3.8, 4) is 0 Å². The molecule has 1 aromatic rings. The fraction of sp³-hybridized carbons (Fsp3) is 0.286. The second-order valence-corrected chi connectivity index (χ2v) is 2.04. The Labute approximate surface area is 52.5 Å². The molecular formula is C7H6NO. The summed E-state index contributed by atoms with van der Waals surface area (Å²) in [5.41, 5.74) is 0.876. The Morgan fingerprint density at radius 2 is 2.33 bits per heavy atom. The van der Waals surface area contributed by atoms with E-state index in [1.165, 1.54) is 0 Å². The molecule has 0 bridgehead atoms. The molecule has 1 aromatic heterocycles. The van der Waals surface area contributed by atoms with E-state index in [1.807, 2.05) is 6.08 Å². The predicted octanol–water partition coefficient (Wildman–Crippen LogP) is -0.170. The average molecular weight is 120 g/mol. The topological polar surface area (TPSA) is 26.0 Å². The highest BCUT2D eigenvalue weighted by atomic mass is 16.3. The van der Waals surface area contributed by atoms with Gasteiger partial charge in [-0.25, -0.2) is 4.98 Å². The van der Waals surface area contributed by atoms with Gasteiger partial charge < -0.3 is 4.42 Å². The van der Waals surface area contributed by atoms with Crippen LogP contribution >= 0.6 is 0 Å². The molecule has 0 aliphatic heterocycles. The molecule has 0 saturated heterocycles. The summed E-state index contributed by atoms with van der Waals surface area (Å²) < 4.78 is 4.93. The van der Waals surface area contributed by atoms with E-state index in [-0.39, 0.29) is 0 Å². The van der Waals surface area contributed by atoms with Gasteiger partial charge in [0.05, 0.1) is 0 Å². The highest BCUT2D eigenvalue weighted by molar-refractivity contribution is 5.31. The van der Waals surface area contributed by atoms with E-state index >= 15 is 0 Å². The van der Waals surface area contributed by atoms with E-state index in [0.29, 0.717) is 0 Å². The third-order valence-corrected chi connectivity index (χ3v) is 1.41. The summed E-state index contributed by atoms with van der Waals surface area (Å²) in [5, 5.41) is 0.946. The highest BCUT2D eigenvalue weighted by Gasteiger charge is 1.94. The Morgan fingerprint density at radius 1 is 1.44 bits per heavy atom. The number of rotatable bonds is 0. The van der Waals surface area contributed by atoms with Crippen molar-refractivity contribution in [2.75, 3.05) is 0 Å². The van der Waals surface area contributed by atoms with Crippen molar-refractivity contribution in [3.63, 3.8) is 0 Å². The van der Waals surface area contributed by atoms with Crippen LogP contribution in [0.3, 0.4) is 0 Å². The van der Waals surface area contributed by atoms with Gasteiger partial charge in [-0.05, 0) is 18.9 Å². The van der Waals surface area contributed by atoms with Crippen molar-refractivity contribution in [3.05, 3.63) is 17.2 Å². The van der Waals surface area contributed by atoms with E-state index in [9.17, 15) is 0 Å². The van der Waals surface area contributed by atoms with Crippen LogP contribution in [0.5, 0.6) is 0 Å². The van der Waals surface area contributed by atoms with Gasteiger partial charge in [-0.3, -0.25) is 0 Å². The van der Waals surface area contributed by atoms with Gasteiger partial charge in [0.25, 0.3) is 6.39 Å².